The van der Waals surface area contributed by atoms with E-state index in [4.69, 9.17) is 10.5 Å². The summed E-state index contributed by atoms with van der Waals surface area (Å²) in [5, 5.41) is 0. The molecule has 1 aromatic carbocycles. The highest BCUT2D eigenvalue weighted by Crippen LogP contribution is 2.22. The van der Waals surface area contributed by atoms with E-state index in [-0.39, 0.29) is 12.1 Å². The smallest absolute Gasteiger partial charge is 0.410 e. The van der Waals surface area contributed by atoms with Gasteiger partial charge >= 0.3 is 6.09 Å². The molecule has 1 saturated heterocycles. The summed E-state index contributed by atoms with van der Waals surface area (Å²) in [4.78, 5) is 16.4. The van der Waals surface area contributed by atoms with Gasteiger partial charge in [0.1, 0.15) is 5.60 Å². The molecule has 0 aromatic heterocycles. The number of hydrogen-bond acceptors (Lipinski definition) is 4. The second kappa shape index (κ2) is 7.26. The van der Waals surface area contributed by atoms with Gasteiger partial charge in [-0.05, 0) is 39.3 Å². The van der Waals surface area contributed by atoms with Gasteiger partial charge in [0.05, 0.1) is 0 Å². The van der Waals surface area contributed by atoms with Crippen molar-refractivity contribution in [3.63, 3.8) is 0 Å². The van der Waals surface area contributed by atoms with Crippen LogP contribution < -0.4 is 5.73 Å². The predicted octanol–water partition coefficient (Wildman–Crippen LogP) is 3.35. The van der Waals surface area contributed by atoms with Crippen LogP contribution in [0, 0.1) is 0 Å². The number of anilines is 1. The second-order valence-corrected chi connectivity index (χ2v) is 7.38. The zero-order chi connectivity index (χ0) is 17.9. The highest BCUT2D eigenvalue weighted by atomic mass is 16.6. The van der Waals surface area contributed by atoms with Crippen LogP contribution in [0.15, 0.2) is 24.8 Å². The molecule has 132 valence electrons. The Kier molecular flexibility index (Phi) is 5.54. The Hall–Kier alpha value is -2.01. The van der Waals surface area contributed by atoms with Crippen LogP contribution in [0.25, 0.3) is 6.08 Å². The molecule has 0 saturated carbocycles. The van der Waals surface area contributed by atoms with E-state index >= 15 is 0 Å². The Bertz CT molecular complexity index is 607. The van der Waals surface area contributed by atoms with Crippen molar-refractivity contribution in [3.05, 3.63) is 35.9 Å². The summed E-state index contributed by atoms with van der Waals surface area (Å²) >= 11 is 0. The van der Waals surface area contributed by atoms with Gasteiger partial charge in [-0.15, -0.1) is 0 Å². The summed E-state index contributed by atoms with van der Waals surface area (Å²) in [6, 6.07) is 6.06. The second-order valence-electron chi connectivity index (χ2n) is 7.38. The molecule has 1 aliphatic rings. The van der Waals surface area contributed by atoms with Crippen molar-refractivity contribution in [2.45, 2.75) is 45.9 Å². The summed E-state index contributed by atoms with van der Waals surface area (Å²) in [7, 11) is 0. The van der Waals surface area contributed by atoms with Crippen LogP contribution in [0.2, 0.25) is 0 Å². The van der Waals surface area contributed by atoms with Crippen molar-refractivity contribution in [1.29, 1.82) is 0 Å². The number of ether oxygens (including phenoxy) is 1. The zero-order valence-corrected chi connectivity index (χ0v) is 15.2. The van der Waals surface area contributed by atoms with Crippen molar-refractivity contribution in [2.75, 3.05) is 25.4 Å². The Labute approximate surface area is 145 Å². The van der Waals surface area contributed by atoms with E-state index in [2.05, 4.69) is 24.5 Å². The SMILES string of the molecule is C=Cc1c(N)cccc1CN1CCN(C(=O)OC(C)(C)C)[C@@H](C)C1. The van der Waals surface area contributed by atoms with Gasteiger partial charge in [0.25, 0.3) is 0 Å². The highest BCUT2D eigenvalue weighted by Gasteiger charge is 2.30. The van der Waals surface area contributed by atoms with Gasteiger partial charge in [-0.1, -0.05) is 24.8 Å². The molecule has 5 heteroatoms. The Morgan fingerprint density at radius 2 is 2.12 bits per heavy atom. The molecular weight excluding hydrogens is 302 g/mol. The summed E-state index contributed by atoms with van der Waals surface area (Å²) in [6.07, 6.45) is 1.58. The normalized spacial score (nSPS) is 19.2. The fourth-order valence-corrected chi connectivity index (χ4v) is 3.03. The Balaban J connectivity index is 2.00. The predicted molar refractivity (Wildman–Crippen MR) is 98.6 cm³/mol. The van der Waals surface area contributed by atoms with Crippen LogP contribution in [0.3, 0.4) is 0 Å². The first-order chi connectivity index (χ1) is 11.2. The molecule has 1 aliphatic heterocycles. The lowest BCUT2D eigenvalue weighted by Crippen LogP contribution is -2.54. The maximum atomic E-state index is 12.3. The van der Waals surface area contributed by atoms with Gasteiger partial charge in [0.15, 0.2) is 0 Å². The van der Waals surface area contributed by atoms with Crippen molar-refractivity contribution < 1.29 is 9.53 Å². The molecule has 2 rings (SSSR count). The maximum Gasteiger partial charge on any atom is 0.410 e. The molecule has 5 nitrogen and oxygen atoms in total. The van der Waals surface area contributed by atoms with Gasteiger partial charge in [0.2, 0.25) is 0 Å². The number of piperazine rings is 1. The molecule has 0 radical (unpaired) electrons. The molecule has 0 spiro atoms. The van der Waals surface area contributed by atoms with Crippen molar-refractivity contribution in [2.24, 2.45) is 0 Å². The van der Waals surface area contributed by atoms with Crippen LogP contribution in [-0.2, 0) is 11.3 Å². The fraction of sp³-hybridized carbons (Fsp3) is 0.526. The van der Waals surface area contributed by atoms with Crippen molar-refractivity contribution >= 4 is 17.9 Å². The van der Waals surface area contributed by atoms with Crippen molar-refractivity contribution in [1.82, 2.24) is 9.80 Å². The molecule has 24 heavy (non-hydrogen) atoms. The fourth-order valence-electron chi connectivity index (χ4n) is 3.03. The summed E-state index contributed by atoms with van der Waals surface area (Å²) in [6.45, 7) is 14.7. The van der Waals surface area contributed by atoms with Crippen LogP contribution in [0.4, 0.5) is 10.5 Å². The van der Waals surface area contributed by atoms with Gasteiger partial charge in [0, 0.05) is 43.5 Å². The number of nitrogens with two attached hydrogens (primary N) is 1. The number of carbonyl (C=O) groups excluding carboxylic acids is 1. The van der Waals surface area contributed by atoms with Gasteiger partial charge in [-0.3, -0.25) is 4.90 Å². The van der Waals surface area contributed by atoms with E-state index in [1.807, 2.05) is 43.9 Å². The summed E-state index contributed by atoms with van der Waals surface area (Å²) in [5.74, 6) is 0. The molecule has 1 fully saturated rings. The number of amides is 1. The largest absolute Gasteiger partial charge is 0.444 e. The van der Waals surface area contributed by atoms with E-state index in [9.17, 15) is 4.79 Å². The number of carbonyl (C=O) groups is 1. The quantitative estimate of drug-likeness (QED) is 0.863. The summed E-state index contributed by atoms with van der Waals surface area (Å²) < 4.78 is 5.49. The van der Waals surface area contributed by atoms with E-state index < -0.39 is 5.60 Å². The molecule has 1 amide bonds. The van der Waals surface area contributed by atoms with E-state index in [1.165, 1.54) is 5.56 Å². The molecule has 1 aromatic rings. The van der Waals surface area contributed by atoms with Gasteiger partial charge in [-0.25, -0.2) is 4.79 Å². The molecule has 1 atom stereocenters. The monoisotopic (exact) mass is 331 g/mol. The molecule has 0 unspecified atom stereocenters. The molecule has 0 bridgehead atoms. The van der Waals surface area contributed by atoms with Crippen LogP contribution >= 0.6 is 0 Å². The lowest BCUT2D eigenvalue weighted by atomic mass is 10.0. The molecular formula is C19H29N3O2. The Morgan fingerprint density at radius 1 is 1.42 bits per heavy atom. The summed E-state index contributed by atoms with van der Waals surface area (Å²) in [5.41, 5.74) is 8.48. The maximum absolute atomic E-state index is 12.3. The van der Waals surface area contributed by atoms with E-state index in [0.717, 1.165) is 30.9 Å². The zero-order valence-electron chi connectivity index (χ0n) is 15.2. The minimum Gasteiger partial charge on any atom is -0.444 e. The van der Waals surface area contributed by atoms with Gasteiger partial charge < -0.3 is 15.4 Å². The van der Waals surface area contributed by atoms with Crippen LogP contribution in [-0.4, -0.2) is 47.2 Å². The minimum absolute atomic E-state index is 0.113. The minimum atomic E-state index is -0.464. The third-order valence-electron chi connectivity index (χ3n) is 4.17. The number of nitrogens with zero attached hydrogens (tertiary/aromatic N) is 2. The topological polar surface area (TPSA) is 58.8 Å². The molecule has 2 N–H and O–H groups in total. The van der Waals surface area contributed by atoms with E-state index in [1.54, 1.807) is 0 Å². The van der Waals surface area contributed by atoms with E-state index in [0.29, 0.717) is 6.54 Å². The number of rotatable bonds is 3. The first-order valence-electron chi connectivity index (χ1n) is 8.43. The van der Waals surface area contributed by atoms with Crippen LogP contribution in [0.1, 0.15) is 38.8 Å². The molecule has 1 heterocycles. The number of nitrogen functional groups attached to an aromatic ring is 1. The van der Waals surface area contributed by atoms with Gasteiger partial charge in [-0.2, -0.15) is 0 Å². The number of benzene rings is 1. The van der Waals surface area contributed by atoms with Crippen LogP contribution in [0.5, 0.6) is 0 Å². The Morgan fingerprint density at radius 3 is 2.71 bits per heavy atom. The first kappa shape index (κ1) is 18.3. The lowest BCUT2D eigenvalue weighted by Gasteiger charge is -2.40. The first-order valence-corrected chi connectivity index (χ1v) is 8.43. The third-order valence-corrected chi connectivity index (χ3v) is 4.17. The standard InChI is InChI=1S/C19H29N3O2/c1-6-16-15(8-7-9-17(16)20)13-21-10-11-22(14(2)12-21)18(23)24-19(3,4)5/h6-9,14H,1,10-13,20H2,2-5H3/t14-/m0/s1. The average Bonchev–Trinajstić information content (AvgIpc) is 2.45. The molecule has 0 aliphatic carbocycles. The lowest BCUT2D eigenvalue weighted by molar-refractivity contribution is 0.000558. The van der Waals surface area contributed by atoms with Crippen molar-refractivity contribution in [3.8, 4) is 0 Å². The average molecular weight is 331 g/mol. The third kappa shape index (κ3) is 4.51. The number of hydrogen-bond donors (Lipinski definition) is 1. The highest BCUT2D eigenvalue weighted by molar-refractivity contribution is 5.69.